The second-order valence-electron chi connectivity index (χ2n) is 4.22. The van der Waals surface area contributed by atoms with Gasteiger partial charge in [-0.1, -0.05) is 41.9 Å². The number of nitrogens with one attached hydrogen (secondary N) is 1. The Bertz CT molecular complexity index is 677. The maximum atomic E-state index is 12.2. The molecule has 1 N–H and O–H groups in total. The van der Waals surface area contributed by atoms with Crippen LogP contribution in [0, 0.1) is 0 Å². The quantitative estimate of drug-likeness (QED) is 0.863. The summed E-state index contributed by atoms with van der Waals surface area (Å²) in [5, 5.41) is 0.232. The number of halogens is 1. The van der Waals surface area contributed by atoms with Gasteiger partial charge < -0.3 is 0 Å². The molecule has 0 bridgehead atoms. The Morgan fingerprint density at radius 3 is 2.60 bits per heavy atom. The Labute approximate surface area is 123 Å². The average Bonchev–Trinajstić information content (AvgIpc) is 2.39. The predicted molar refractivity (Wildman–Crippen MR) is 79.7 cm³/mol. The van der Waals surface area contributed by atoms with Crippen LogP contribution in [0.3, 0.4) is 0 Å². The third-order valence-electron chi connectivity index (χ3n) is 2.63. The van der Waals surface area contributed by atoms with Gasteiger partial charge in [-0.15, -0.1) is 0 Å². The van der Waals surface area contributed by atoms with Crippen molar-refractivity contribution < 1.29 is 8.42 Å². The molecule has 0 saturated carbocycles. The summed E-state index contributed by atoms with van der Waals surface area (Å²) < 4.78 is 28.0. The van der Waals surface area contributed by atoms with E-state index in [1.54, 1.807) is 6.07 Å². The number of aromatic nitrogens is 1. The standard InChI is InChI=1S/C13H14ClN3O2S/c1-17(10-11-5-3-2-4-6-11)20(18,19)16-12-7-8-15-13(14)9-12/h2-9H,10H2,1H3,(H,15,16). The molecular weight excluding hydrogens is 298 g/mol. The van der Waals surface area contributed by atoms with Crippen molar-refractivity contribution in [1.82, 2.24) is 9.29 Å². The molecule has 0 radical (unpaired) electrons. The summed E-state index contributed by atoms with van der Waals surface area (Å²) >= 11 is 5.72. The Balaban J connectivity index is 2.10. The number of rotatable bonds is 5. The zero-order chi connectivity index (χ0) is 14.6. The summed E-state index contributed by atoms with van der Waals surface area (Å²) in [7, 11) is -2.12. The smallest absolute Gasteiger partial charge is 0.271 e. The maximum Gasteiger partial charge on any atom is 0.301 e. The molecule has 106 valence electrons. The molecule has 2 aromatic rings. The molecule has 0 aliphatic heterocycles. The van der Waals surface area contributed by atoms with Gasteiger partial charge in [-0.3, -0.25) is 4.72 Å². The van der Waals surface area contributed by atoms with Gasteiger partial charge in [-0.2, -0.15) is 12.7 Å². The first-order valence-corrected chi connectivity index (χ1v) is 7.69. The number of anilines is 1. The lowest BCUT2D eigenvalue weighted by Crippen LogP contribution is -2.32. The zero-order valence-corrected chi connectivity index (χ0v) is 12.4. The molecule has 0 fully saturated rings. The number of pyridine rings is 1. The normalized spacial score (nSPS) is 11.6. The molecule has 0 aliphatic carbocycles. The van der Waals surface area contributed by atoms with Crippen molar-refractivity contribution in [3.63, 3.8) is 0 Å². The minimum Gasteiger partial charge on any atom is -0.271 e. The number of hydrogen-bond acceptors (Lipinski definition) is 3. The highest BCUT2D eigenvalue weighted by Crippen LogP contribution is 2.15. The fourth-order valence-corrected chi connectivity index (χ4v) is 2.69. The summed E-state index contributed by atoms with van der Waals surface area (Å²) in [6, 6.07) is 12.4. The van der Waals surface area contributed by atoms with Crippen LogP contribution in [0.15, 0.2) is 48.7 Å². The fraction of sp³-hybridized carbons (Fsp3) is 0.154. The lowest BCUT2D eigenvalue weighted by Gasteiger charge is -2.18. The Hall–Kier alpha value is -1.63. The molecular formula is C13H14ClN3O2S. The van der Waals surface area contributed by atoms with Crippen molar-refractivity contribution in [2.24, 2.45) is 0 Å². The maximum absolute atomic E-state index is 12.2. The number of nitrogens with zero attached hydrogens (tertiary/aromatic N) is 2. The molecule has 0 unspecified atom stereocenters. The van der Waals surface area contributed by atoms with Gasteiger partial charge in [0.1, 0.15) is 5.15 Å². The highest BCUT2D eigenvalue weighted by Gasteiger charge is 2.17. The third kappa shape index (κ3) is 3.93. The topological polar surface area (TPSA) is 62.3 Å². The van der Waals surface area contributed by atoms with E-state index in [1.165, 1.54) is 23.6 Å². The van der Waals surface area contributed by atoms with Gasteiger partial charge in [0.25, 0.3) is 0 Å². The number of benzene rings is 1. The van der Waals surface area contributed by atoms with E-state index in [-0.39, 0.29) is 11.7 Å². The van der Waals surface area contributed by atoms with Gasteiger partial charge >= 0.3 is 10.2 Å². The van der Waals surface area contributed by atoms with Crippen molar-refractivity contribution >= 4 is 27.5 Å². The van der Waals surface area contributed by atoms with Crippen LogP contribution in [-0.2, 0) is 16.8 Å². The largest absolute Gasteiger partial charge is 0.301 e. The Morgan fingerprint density at radius 2 is 1.95 bits per heavy atom. The van der Waals surface area contributed by atoms with Gasteiger partial charge in [0.15, 0.2) is 0 Å². The lowest BCUT2D eigenvalue weighted by atomic mass is 10.2. The van der Waals surface area contributed by atoms with E-state index in [4.69, 9.17) is 11.6 Å². The first-order chi connectivity index (χ1) is 9.47. The molecule has 1 aromatic heterocycles. The highest BCUT2D eigenvalue weighted by molar-refractivity contribution is 7.90. The number of hydrogen-bond donors (Lipinski definition) is 1. The molecule has 20 heavy (non-hydrogen) atoms. The monoisotopic (exact) mass is 311 g/mol. The van der Waals surface area contributed by atoms with Crippen LogP contribution in [0.4, 0.5) is 5.69 Å². The summed E-state index contributed by atoms with van der Waals surface area (Å²) in [5.74, 6) is 0. The van der Waals surface area contributed by atoms with Crippen LogP contribution < -0.4 is 4.72 Å². The molecule has 0 aliphatic rings. The summed E-state index contributed by atoms with van der Waals surface area (Å²) in [4.78, 5) is 3.80. The van der Waals surface area contributed by atoms with E-state index in [0.717, 1.165) is 5.56 Å². The molecule has 5 nitrogen and oxygen atoms in total. The van der Waals surface area contributed by atoms with Gasteiger partial charge in [0.2, 0.25) is 0 Å². The summed E-state index contributed by atoms with van der Waals surface area (Å²) in [5.41, 5.74) is 1.29. The van der Waals surface area contributed by atoms with Gasteiger partial charge in [-0.25, -0.2) is 4.98 Å². The highest BCUT2D eigenvalue weighted by atomic mass is 35.5. The van der Waals surface area contributed by atoms with Crippen molar-refractivity contribution in [3.8, 4) is 0 Å². The van der Waals surface area contributed by atoms with E-state index in [0.29, 0.717) is 5.69 Å². The molecule has 1 heterocycles. The van der Waals surface area contributed by atoms with Crippen molar-refractivity contribution in [2.75, 3.05) is 11.8 Å². The molecule has 1 aromatic carbocycles. The van der Waals surface area contributed by atoms with Crippen molar-refractivity contribution in [2.45, 2.75) is 6.54 Å². The second kappa shape index (κ2) is 6.21. The second-order valence-corrected chi connectivity index (χ2v) is 6.38. The first-order valence-electron chi connectivity index (χ1n) is 5.87. The lowest BCUT2D eigenvalue weighted by molar-refractivity contribution is 0.471. The molecule has 7 heteroatoms. The summed E-state index contributed by atoms with van der Waals surface area (Å²) in [6.45, 7) is 0.287. The van der Waals surface area contributed by atoms with Crippen LogP contribution in [0.5, 0.6) is 0 Å². The van der Waals surface area contributed by atoms with Crippen molar-refractivity contribution in [3.05, 3.63) is 59.4 Å². The van der Waals surface area contributed by atoms with Gasteiger partial charge in [0.05, 0.1) is 5.69 Å². The zero-order valence-electron chi connectivity index (χ0n) is 10.8. The molecule has 0 spiro atoms. The molecule has 0 atom stereocenters. The molecule has 0 saturated heterocycles. The molecule has 2 rings (SSSR count). The van der Waals surface area contributed by atoms with E-state index in [1.807, 2.05) is 30.3 Å². The van der Waals surface area contributed by atoms with Crippen LogP contribution in [0.1, 0.15) is 5.56 Å². The van der Waals surface area contributed by atoms with Crippen LogP contribution in [0.2, 0.25) is 5.15 Å². The fourth-order valence-electron chi connectivity index (χ4n) is 1.62. The minimum absolute atomic E-state index is 0.232. The van der Waals surface area contributed by atoms with E-state index < -0.39 is 10.2 Å². The van der Waals surface area contributed by atoms with Gasteiger partial charge in [-0.05, 0) is 17.7 Å². The van der Waals surface area contributed by atoms with E-state index in [9.17, 15) is 8.42 Å². The van der Waals surface area contributed by atoms with Crippen LogP contribution in [-0.4, -0.2) is 24.8 Å². The van der Waals surface area contributed by atoms with Gasteiger partial charge in [0, 0.05) is 19.8 Å². The van der Waals surface area contributed by atoms with E-state index in [2.05, 4.69) is 9.71 Å². The third-order valence-corrected chi connectivity index (χ3v) is 4.28. The van der Waals surface area contributed by atoms with E-state index >= 15 is 0 Å². The Morgan fingerprint density at radius 1 is 1.25 bits per heavy atom. The summed E-state index contributed by atoms with van der Waals surface area (Å²) in [6.07, 6.45) is 1.44. The average molecular weight is 312 g/mol. The van der Waals surface area contributed by atoms with Crippen molar-refractivity contribution in [1.29, 1.82) is 0 Å². The minimum atomic E-state index is -3.63. The van der Waals surface area contributed by atoms with Crippen LogP contribution >= 0.6 is 11.6 Å². The SMILES string of the molecule is CN(Cc1ccccc1)S(=O)(=O)Nc1ccnc(Cl)c1. The Kier molecular flexibility index (Phi) is 4.59. The first kappa shape index (κ1) is 14.8. The van der Waals surface area contributed by atoms with Crippen LogP contribution in [0.25, 0.3) is 0 Å². The predicted octanol–water partition coefficient (Wildman–Crippen LogP) is 2.52. The molecule has 0 amide bonds.